The van der Waals surface area contributed by atoms with Gasteiger partial charge in [-0.25, -0.2) is 4.98 Å². The minimum Gasteiger partial charge on any atom is -0.339 e. The van der Waals surface area contributed by atoms with Gasteiger partial charge in [0.1, 0.15) is 0 Å². The molecule has 0 bridgehead atoms. The summed E-state index contributed by atoms with van der Waals surface area (Å²) < 4.78 is 0. The van der Waals surface area contributed by atoms with Gasteiger partial charge in [-0.1, -0.05) is 0 Å². The van der Waals surface area contributed by atoms with Crippen molar-refractivity contribution in [3.05, 3.63) is 15.6 Å². The lowest BCUT2D eigenvalue weighted by atomic mass is 10.1. The second kappa shape index (κ2) is 7.43. The summed E-state index contributed by atoms with van der Waals surface area (Å²) in [6.45, 7) is 8.76. The average molecular weight is 337 g/mol. The Labute approximate surface area is 142 Å². The highest BCUT2D eigenvalue weighted by Crippen LogP contribution is 2.29. The molecule has 1 aromatic heterocycles. The first-order chi connectivity index (χ1) is 10.8. The van der Waals surface area contributed by atoms with Crippen molar-refractivity contribution in [1.29, 1.82) is 0 Å². The van der Waals surface area contributed by atoms with Crippen LogP contribution in [0.15, 0.2) is 0 Å². The third kappa shape index (κ3) is 4.10. The van der Waals surface area contributed by atoms with Crippen molar-refractivity contribution in [2.45, 2.75) is 65.5 Å². The lowest BCUT2D eigenvalue weighted by Gasteiger charge is -2.34. The lowest BCUT2D eigenvalue weighted by molar-refractivity contribution is -0.138. The summed E-state index contributed by atoms with van der Waals surface area (Å²) in [5.41, 5.74) is 0.999. The van der Waals surface area contributed by atoms with Crippen LogP contribution in [-0.4, -0.2) is 46.2 Å². The molecule has 2 heterocycles. The van der Waals surface area contributed by atoms with E-state index < -0.39 is 0 Å². The molecule has 0 saturated carbocycles. The van der Waals surface area contributed by atoms with Crippen LogP contribution in [-0.2, 0) is 9.59 Å². The minimum absolute atomic E-state index is 0.0120. The molecule has 2 atom stereocenters. The summed E-state index contributed by atoms with van der Waals surface area (Å²) in [5.74, 6) is 0.259. The molecule has 23 heavy (non-hydrogen) atoms. The van der Waals surface area contributed by atoms with E-state index in [1.807, 2.05) is 39.6 Å². The Morgan fingerprint density at radius 3 is 2.61 bits per heavy atom. The molecule has 5 nitrogen and oxygen atoms in total. The summed E-state index contributed by atoms with van der Waals surface area (Å²) in [7, 11) is 1.84. The van der Waals surface area contributed by atoms with E-state index in [1.165, 1.54) is 0 Å². The van der Waals surface area contributed by atoms with Gasteiger partial charge in [-0.05, 0) is 40.5 Å². The van der Waals surface area contributed by atoms with Gasteiger partial charge in [-0.3, -0.25) is 9.59 Å². The maximum absolute atomic E-state index is 12.6. The fraction of sp³-hybridized carbons (Fsp3) is 0.706. The fourth-order valence-electron chi connectivity index (χ4n) is 3.13. The van der Waals surface area contributed by atoms with Crippen LogP contribution < -0.4 is 0 Å². The quantitative estimate of drug-likeness (QED) is 0.830. The van der Waals surface area contributed by atoms with E-state index in [4.69, 9.17) is 0 Å². The van der Waals surface area contributed by atoms with Crippen molar-refractivity contribution in [3.8, 4) is 0 Å². The molecule has 128 valence electrons. The molecule has 1 aliphatic heterocycles. The van der Waals surface area contributed by atoms with Crippen molar-refractivity contribution in [2.75, 3.05) is 13.6 Å². The summed E-state index contributed by atoms with van der Waals surface area (Å²) in [6.07, 6.45) is 3.00. The minimum atomic E-state index is -0.0331. The second-order valence-electron chi connectivity index (χ2n) is 6.46. The molecule has 0 aliphatic carbocycles. The zero-order valence-corrected chi connectivity index (χ0v) is 15.6. The Balaban J connectivity index is 1.99. The molecule has 1 aromatic rings. The Kier molecular flexibility index (Phi) is 5.79. The number of thiazole rings is 1. The van der Waals surface area contributed by atoms with Crippen LogP contribution in [0.25, 0.3) is 0 Å². The first-order valence-corrected chi connectivity index (χ1v) is 9.12. The van der Waals surface area contributed by atoms with Crippen LogP contribution >= 0.6 is 11.3 Å². The van der Waals surface area contributed by atoms with Crippen LogP contribution in [0.5, 0.6) is 0 Å². The maximum Gasteiger partial charge on any atom is 0.224 e. The van der Waals surface area contributed by atoms with E-state index in [0.717, 1.165) is 35.0 Å². The predicted molar refractivity (Wildman–Crippen MR) is 92.4 cm³/mol. The number of nitrogens with zero attached hydrogens (tertiary/aromatic N) is 3. The molecule has 0 radical (unpaired) electrons. The number of aromatic nitrogens is 1. The Morgan fingerprint density at radius 1 is 1.35 bits per heavy atom. The number of carbonyl (C=O) groups excluding carboxylic acids is 2. The number of rotatable bonds is 5. The highest BCUT2D eigenvalue weighted by molar-refractivity contribution is 7.11. The van der Waals surface area contributed by atoms with Crippen LogP contribution in [0.4, 0.5) is 0 Å². The number of hydrogen-bond donors (Lipinski definition) is 0. The van der Waals surface area contributed by atoms with Crippen molar-refractivity contribution >= 4 is 23.2 Å². The van der Waals surface area contributed by atoms with Gasteiger partial charge in [-0.2, -0.15) is 0 Å². The Bertz CT molecular complexity index is 584. The Hall–Kier alpha value is -1.43. The van der Waals surface area contributed by atoms with Gasteiger partial charge in [0.2, 0.25) is 11.8 Å². The van der Waals surface area contributed by atoms with Gasteiger partial charge in [0.25, 0.3) is 0 Å². The second-order valence-corrected chi connectivity index (χ2v) is 7.70. The molecule has 1 saturated heterocycles. The molecular formula is C17H27N3O2S. The van der Waals surface area contributed by atoms with Gasteiger partial charge in [0, 0.05) is 37.4 Å². The van der Waals surface area contributed by atoms with Gasteiger partial charge < -0.3 is 9.80 Å². The van der Waals surface area contributed by atoms with Crippen molar-refractivity contribution < 1.29 is 9.59 Å². The first kappa shape index (κ1) is 17.9. The standard InChI is InChI=1S/C17H27N3O2S/c1-11(20-9-7-6-8-15(20)21)10-16(22)19(5)13(3)17-12(2)18-14(4)23-17/h11,13H,6-10H2,1-5H3/t11-,13-/m0/s1. The maximum atomic E-state index is 12.6. The van der Waals surface area contributed by atoms with E-state index in [2.05, 4.69) is 4.98 Å². The van der Waals surface area contributed by atoms with Crippen molar-refractivity contribution in [3.63, 3.8) is 0 Å². The Morgan fingerprint density at radius 2 is 2.04 bits per heavy atom. The highest BCUT2D eigenvalue weighted by Gasteiger charge is 2.27. The van der Waals surface area contributed by atoms with Crippen LogP contribution in [0.1, 0.15) is 61.2 Å². The topological polar surface area (TPSA) is 53.5 Å². The number of piperidine rings is 1. The van der Waals surface area contributed by atoms with Crippen LogP contribution in [0.3, 0.4) is 0 Å². The monoisotopic (exact) mass is 337 g/mol. The average Bonchev–Trinajstić information content (AvgIpc) is 2.84. The normalized spacial score (nSPS) is 18.0. The smallest absolute Gasteiger partial charge is 0.224 e. The molecule has 0 N–H and O–H groups in total. The van der Waals surface area contributed by atoms with Crippen LogP contribution in [0.2, 0.25) is 0 Å². The molecule has 1 aliphatic rings. The van der Waals surface area contributed by atoms with E-state index in [-0.39, 0.29) is 23.9 Å². The number of carbonyl (C=O) groups is 2. The number of amides is 2. The molecule has 0 aromatic carbocycles. The largest absolute Gasteiger partial charge is 0.339 e. The van der Waals surface area contributed by atoms with Crippen LogP contribution in [0, 0.1) is 13.8 Å². The number of hydrogen-bond acceptors (Lipinski definition) is 4. The van der Waals surface area contributed by atoms with Gasteiger partial charge in [0.05, 0.1) is 16.7 Å². The number of aryl methyl sites for hydroxylation is 2. The van der Waals surface area contributed by atoms with Crippen molar-refractivity contribution in [1.82, 2.24) is 14.8 Å². The molecule has 0 unspecified atom stereocenters. The summed E-state index contributed by atoms with van der Waals surface area (Å²) >= 11 is 1.65. The van der Waals surface area contributed by atoms with E-state index in [1.54, 1.807) is 16.2 Å². The lowest BCUT2D eigenvalue weighted by Crippen LogP contribution is -2.44. The first-order valence-electron chi connectivity index (χ1n) is 8.30. The SMILES string of the molecule is Cc1nc(C)c([C@H](C)N(C)C(=O)C[C@H](C)N2CCCCC2=O)s1. The molecule has 1 fully saturated rings. The fourth-order valence-corrected chi connectivity index (χ4v) is 4.15. The van der Waals surface area contributed by atoms with Gasteiger partial charge in [-0.15, -0.1) is 11.3 Å². The third-order valence-corrected chi connectivity index (χ3v) is 5.90. The van der Waals surface area contributed by atoms with E-state index in [0.29, 0.717) is 12.8 Å². The summed E-state index contributed by atoms with van der Waals surface area (Å²) in [4.78, 5) is 33.8. The number of likely N-dealkylation sites (tertiary alicyclic amines) is 1. The predicted octanol–water partition coefficient (Wildman–Crippen LogP) is 3.07. The van der Waals surface area contributed by atoms with Crippen molar-refractivity contribution in [2.24, 2.45) is 0 Å². The third-order valence-electron chi connectivity index (χ3n) is 4.66. The summed E-state index contributed by atoms with van der Waals surface area (Å²) in [6, 6.07) is -0.0211. The molecule has 0 spiro atoms. The molecule has 6 heteroatoms. The van der Waals surface area contributed by atoms with Gasteiger partial charge >= 0.3 is 0 Å². The van der Waals surface area contributed by atoms with E-state index in [9.17, 15) is 9.59 Å². The highest BCUT2D eigenvalue weighted by atomic mass is 32.1. The van der Waals surface area contributed by atoms with Gasteiger partial charge in [0.15, 0.2) is 0 Å². The zero-order valence-electron chi connectivity index (χ0n) is 14.8. The summed E-state index contributed by atoms with van der Waals surface area (Å²) in [5, 5.41) is 1.03. The molecule has 2 amide bonds. The molecular weight excluding hydrogens is 310 g/mol. The van der Waals surface area contributed by atoms with E-state index >= 15 is 0 Å². The zero-order chi connectivity index (χ0) is 17.1. The molecule has 2 rings (SSSR count).